The van der Waals surface area contributed by atoms with Gasteiger partial charge in [-0.2, -0.15) is 0 Å². The van der Waals surface area contributed by atoms with Gasteiger partial charge in [-0.25, -0.2) is 0 Å². The molecule has 1 aromatic carbocycles. The molecular weight excluding hydrogens is 212 g/mol. The molecule has 0 aliphatic carbocycles. The second kappa shape index (κ2) is 5.99. The van der Waals surface area contributed by atoms with Gasteiger partial charge in [0.05, 0.1) is 7.11 Å². The van der Waals surface area contributed by atoms with Gasteiger partial charge in [-0.3, -0.25) is 0 Å². The van der Waals surface area contributed by atoms with Crippen LogP contribution < -0.4 is 4.74 Å². The molecule has 0 fully saturated rings. The molecule has 0 aliphatic rings. The summed E-state index contributed by atoms with van der Waals surface area (Å²) in [6, 6.07) is 5.64. The molecule has 0 aliphatic heterocycles. The maximum Gasteiger partial charge on any atom is 0.122 e. The van der Waals surface area contributed by atoms with E-state index in [1.165, 1.54) is 0 Å². The summed E-state index contributed by atoms with van der Waals surface area (Å²) in [5.74, 6) is 1.22. The minimum atomic E-state index is 0.229. The second-order valence-electron chi connectivity index (χ2n) is 3.65. The van der Waals surface area contributed by atoms with Crippen LogP contribution >= 0.6 is 11.6 Å². The van der Waals surface area contributed by atoms with Gasteiger partial charge in [0.1, 0.15) is 5.75 Å². The molecule has 3 heteroatoms. The average Bonchev–Trinajstić information content (AvgIpc) is 2.25. The molecule has 1 unspecified atom stereocenters. The van der Waals surface area contributed by atoms with Gasteiger partial charge in [0.25, 0.3) is 0 Å². The molecule has 0 bridgehead atoms. The van der Waals surface area contributed by atoms with Gasteiger partial charge in [-0.05, 0) is 42.5 Å². The van der Waals surface area contributed by atoms with E-state index in [-0.39, 0.29) is 6.61 Å². The van der Waals surface area contributed by atoms with E-state index in [4.69, 9.17) is 21.4 Å². The zero-order valence-electron chi connectivity index (χ0n) is 9.16. The maximum absolute atomic E-state index is 8.79. The normalized spacial score (nSPS) is 12.5. The van der Waals surface area contributed by atoms with Crippen LogP contribution in [0.15, 0.2) is 18.2 Å². The largest absolute Gasteiger partial charge is 0.496 e. The third-order valence-electron chi connectivity index (χ3n) is 2.52. The van der Waals surface area contributed by atoms with Gasteiger partial charge in [-0.15, -0.1) is 0 Å². The van der Waals surface area contributed by atoms with Crippen molar-refractivity contribution >= 4 is 11.6 Å². The van der Waals surface area contributed by atoms with Crippen molar-refractivity contribution in [3.63, 3.8) is 0 Å². The summed E-state index contributed by atoms with van der Waals surface area (Å²) in [6.07, 6.45) is 1.74. The fourth-order valence-electron chi connectivity index (χ4n) is 1.64. The Balaban J connectivity index is 2.85. The number of halogens is 1. The van der Waals surface area contributed by atoms with Crippen molar-refractivity contribution in [2.45, 2.75) is 25.7 Å². The Hall–Kier alpha value is -0.730. The first kappa shape index (κ1) is 12.3. The summed E-state index contributed by atoms with van der Waals surface area (Å²) in [4.78, 5) is 0. The first-order valence-electron chi connectivity index (χ1n) is 5.13. The molecule has 0 aromatic heterocycles. The predicted octanol–water partition coefficient (Wildman–Crippen LogP) is 3.22. The third kappa shape index (κ3) is 3.40. The first-order chi connectivity index (χ1) is 7.19. The SMILES string of the molecule is COc1ccc(Cl)cc1C(C)CCCO. The predicted molar refractivity (Wildman–Crippen MR) is 62.7 cm³/mol. The van der Waals surface area contributed by atoms with Crippen molar-refractivity contribution in [1.82, 2.24) is 0 Å². The van der Waals surface area contributed by atoms with Gasteiger partial charge in [0.2, 0.25) is 0 Å². The van der Waals surface area contributed by atoms with Crippen molar-refractivity contribution in [3.8, 4) is 5.75 Å². The average molecular weight is 229 g/mol. The number of ether oxygens (including phenoxy) is 1. The van der Waals surface area contributed by atoms with Gasteiger partial charge in [-0.1, -0.05) is 18.5 Å². The molecule has 15 heavy (non-hydrogen) atoms. The quantitative estimate of drug-likeness (QED) is 0.839. The summed E-state index contributed by atoms with van der Waals surface area (Å²) in [5, 5.41) is 9.51. The van der Waals surface area contributed by atoms with Crippen LogP contribution in [0.25, 0.3) is 0 Å². The van der Waals surface area contributed by atoms with Gasteiger partial charge >= 0.3 is 0 Å². The maximum atomic E-state index is 8.79. The highest BCUT2D eigenvalue weighted by atomic mass is 35.5. The Morgan fingerprint density at radius 2 is 2.20 bits per heavy atom. The Kier molecular flexibility index (Phi) is 4.92. The van der Waals surface area contributed by atoms with E-state index < -0.39 is 0 Å². The zero-order chi connectivity index (χ0) is 11.3. The van der Waals surface area contributed by atoms with E-state index in [1.807, 2.05) is 18.2 Å². The highest BCUT2D eigenvalue weighted by Gasteiger charge is 2.11. The van der Waals surface area contributed by atoms with Crippen LogP contribution in [0.2, 0.25) is 5.02 Å². The summed E-state index contributed by atoms with van der Waals surface area (Å²) in [7, 11) is 1.66. The van der Waals surface area contributed by atoms with Crippen LogP contribution in [0.1, 0.15) is 31.2 Å². The number of methoxy groups -OCH3 is 1. The first-order valence-corrected chi connectivity index (χ1v) is 5.51. The second-order valence-corrected chi connectivity index (χ2v) is 4.09. The van der Waals surface area contributed by atoms with Crippen LogP contribution in [0.4, 0.5) is 0 Å². The Morgan fingerprint density at radius 1 is 1.47 bits per heavy atom. The standard InChI is InChI=1S/C12H17ClO2/c1-9(4-3-7-14)11-8-10(13)5-6-12(11)15-2/h5-6,8-9,14H,3-4,7H2,1-2H3. The molecule has 0 amide bonds. The van der Waals surface area contributed by atoms with Gasteiger partial charge in [0.15, 0.2) is 0 Å². The van der Waals surface area contributed by atoms with E-state index in [2.05, 4.69) is 6.92 Å². The zero-order valence-corrected chi connectivity index (χ0v) is 9.92. The van der Waals surface area contributed by atoms with E-state index in [9.17, 15) is 0 Å². The van der Waals surface area contributed by atoms with E-state index >= 15 is 0 Å². The number of hydrogen-bond donors (Lipinski definition) is 1. The smallest absolute Gasteiger partial charge is 0.122 e. The molecule has 0 saturated carbocycles. The molecule has 1 N–H and O–H groups in total. The number of benzene rings is 1. The Labute approximate surface area is 95.8 Å². The van der Waals surface area contributed by atoms with Crippen LogP contribution in [-0.4, -0.2) is 18.8 Å². The molecule has 1 atom stereocenters. The number of hydrogen-bond acceptors (Lipinski definition) is 2. The summed E-state index contributed by atoms with van der Waals surface area (Å²) < 4.78 is 5.28. The fraction of sp³-hybridized carbons (Fsp3) is 0.500. The third-order valence-corrected chi connectivity index (χ3v) is 2.75. The van der Waals surface area contributed by atoms with E-state index in [1.54, 1.807) is 7.11 Å². The number of aliphatic hydroxyl groups is 1. The minimum absolute atomic E-state index is 0.229. The lowest BCUT2D eigenvalue weighted by atomic mass is 9.95. The summed E-state index contributed by atoms with van der Waals surface area (Å²) >= 11 is 5.95. The molecule has 1 aromatic rings. The molecule has 0 spiro atoms. The van der Waals surface area contributed by atoms with Crippen molar-refractivity contribution < 1.29 is 9.84 Å². The lowest BCUT2D eigenvalue weighted by Gasteiger charge is -2.15. The lowest BCUT2D eigenvalue weighted by Crippen LogP contribution is -1.99. The highest BCUT2D eigenvalue weighted by molar-refractivity contribution is 6.30. The van der Waals surface area contributed by atoms with Crippen LogP contribution in [0.5, 0.6) is 5.75 Å². The number of rotatable bonds is 5. The molecule has 0 radical (unpaired) electrons. The van der Waals surface area contributed by atoms with E-state index in [0.717, 1.165) is 29.2 Å². The van der Waals surface area contributed by atoms with Gasteiger partial charge < -0.3 is 9.84 Å². The molecule has 1 rings (SSSR count). The monoisotopic (exact) mass is 228 g/mol. The molecular formula is C12H17ClO2. The Morgan fingerprint density at radius 3 is 2.80 bits per heavy atom. The summed E-state index contributed by atoms with van der Waals surface area (Å²) in [5.41, 5.74) is 1.11. The van der Waals surface area contributed by atoms with E-state index in [0.29, 0.717) is 5.92 Å². The van der Waals surface area contributed by atoms with Crippen LogP contribution in [0, 0.1) is 0 Å². The summed E-state index contributed by atoms with van der Waals surface area (Å²) in [6.45, 7) is 2.34. The highest BCUT2D eigenvalue weighted by Crippen LogP contribution is 2.31. The van der Waals surface area contributed by atoms with Crippen LogP contribution in [-0.2, 0) is 0 Å². The van der Waals surface area contributed by atoms with Crippen LogP contribution in [0.3, 0.4) is 0 Å². The fourth-order valence-corrected chi connectivity index (χ4v) is 1.82. The van der Waals surface area contributed by atoms with Crippen molar-refractivity contribution in [2.75, 3.05) is 13.7 Å². The Bertz CT molecular complexity index is 312. The molecule has 0 saturated heterocycles. The van der Waals surface area contributed by atoms with Crippen molar-refractivity contribution in [3.05, 3.63) is 28.8 Å². The molecule has 2 nitrogen and oxygen atoms in total. The lowest BCUT2D eigenvalue weighted by molar-refractivity contribution is 0.280. The topological polar surface area (TPSA) is 29.5 Å². The van der Waals surface area contributed by atoms with Crippen molar-refractivity contribution in [2.24, 2.45) is 0 Å². The number of aliphatic hydroxyl groups excluding tert-OH is 1. The van der Waals surface area contributed by atoms with Gasteiger partial charge in [0, 0.05) is 11.6 Å². The minimum Gasteiger partial charge on any atom is -0.496 e. The van der Waals surface area contributed by atoms with Crippen molar-refractivity contribution in [1.29, 1.82) is 0 Å². The molecule has 0 heterocycles. The molecule has 84 valence electrons.